The van der Waals surface area contributed by atoms with Crippen molar-refractivity contribution in [2.75, 3.05) is 6.73 Å². The average Bonchev–Trinajstić information content (AvgIpc) is 3.19. The van der Waals surface area contributed by atoms with E-state index in [4.69, 9.17) is 16.3 Å². The number of hydrogen-bond donors (Lipinski definition) is 0. The van der Waals surface area contributed by atoms with Gasteiger partial charge in [0.05, 0.1) is 5.41 Å². The molecule has 4 rings (SSSR count). The van der Waals surface area contributed by atoms with Gasteiger partial charge in [-0.3, -0.25) is 24.0 Å². The van der Waals surface area contributed by atoms with E-state index >= 15 is 0 Å². The van der Waals surface area contributed by atoms with Crippen molar-refractivity contribution in [3.05, 3.63) is 69.2 Å². The fraction of sp³-hybridized carbons (Fsp3) is 0.452. The number of esters is 1. The maximum atomic E-state index is 13.2. The number of carbonyl (C=O) groups is 5. The topological polar surface area (TPSA) is 101 Å². The minimum atomic E-state index is -0.817. The van der Waals surface area contributed by atoms with E-state index in [1.54, 1.807) is 26.8 Å². The number of nitrogens with zero attached hydrogens (tertiary/aromatic N) is 2. The van der Waals surface area contributed by atoms with E-state index in [-0.39, 0.29) is 38.5 Å². The molecule has 0 bridgehead atoms. The number of benzene rings is 2. The number of carbonyl (C=O) groups excluding carboxylic acids is 5. The molecule has 1 unspecified atom stereocenters. The molecule has 0 radical (unpaired) electrons. The number of hydrogen-bond acceptors (Lipinski definition) is 6. The number of ether oxygens (including phenoxy) is 1. The van der Waals surface area contributed by atoms with Crippen LogP contribution in [0.15, 0.2) is 36.4 Å². The van der Waals surface area contributed by atoms with E-state index in [0.717, 1.165) is 27.2 Å². The van der Waals surface area contributed by atoms with Crippen LogP contribution in [0.3, 0.4) is 0 Å². The quantitative estimate of drug-likeness (QED) is 0.326. The molecule has 0 aromatic heterocycles. The Morgan fingerprint density at radius 2 is 1.75 bits per heavy atom. The minimum absolute atomic E-state index is 0. The summed E-state index contributed by atoms with van der Waals surface area (Å²) in [7, 11) is 0. The molecule has 40 heavy (non-hydrogen) atoms. The minimum Gasteiger partial charge on any atom is -0.443 e. The van der Waals surface area contributed by atoms with Crippen molar-refractivity contribution in [2.24, 2.45) is 5.41 Å². The van der Waals surface area contributed by atoms with Gasteiger partial charge < -0.3 is 9.64 Å². The van der Waals surface area contributed by atoms with Gasteiger partial charge in [-0.25, -0.2) is 4.90 Å². The highest BCUT2D eigenvalue weighted by Gasteiger charge is 2.43. The standard InChI is InChI=1S/C30H33ClN2O6.CH4/c1-18-5-6-20(15-24(18)31)14-22(34)9-7-19-8-10-23-21(13-19)16-32(27(23)36)25-11-12-26(35)33(28(25)37)17-39-29(38)30(2,3)4;/h5-6,8,10,13,15,25H,7,9,11-12,14,16-17H2,1-4H3;1H4. The number of piperidine rings is 1. The molecule has 1 atom stereocenters. The first-order valence-corrected chi connectivity index (χ1v) is 13.4. The summed E-state index contributed by atoms with van der Waals surface area (Å²) in [4.78, 5) is 65.9. The zero-order valence-corrected chi connectivity index (χ0v) is 23.5. The molecule has 1 saturated heterocycles. The summed E-state index contributed by atoms with van der Waals surface area (Å²) in [6, 6.07) is 10.3. The number of amides is 3. The molecule has 1 fully saturated rings. The number of fused-ring (bicyclic) bond motifs is 1. The second-order valence-electron chi connectivity index (χ2n) is 11.2. The highest BCUT2D eigenvalue weighted by molar-refractivity contribution is 6.31. The molecule has 0 N–H and O–H groups in total. The number of rotatable bonds is 8. The van der Waals surface area contributed by atoms with Gasteiger partial charge in [-0.05, 0) is 74.9 Å². The van der Waals surface area contributed by atoms with Gasteiger partial charge >= 0.3 is 5.97 Å². The van der Waals surface area contributed by atoms with Crippen LogP contribution in [0.2, 0.25) is 5.02 Å². The lowest BCUT2D eigenvalue weighted by Gasteiger charge is -2.35. The first-order chi connectivity index (χ1) is 18.3. The van der Waals surface area contributed by atoms with Gasteiger partial charge in [0.25, 0.3) is 11.8 Å². The Labute approximate surface area is 240 Å². The maximum absolute atomic E-state index is 13.2. The SMILES string of the molecule is C.Cc1ccc(CC(=O)CCc2ccc3c(c2)CN(C2CCC(=O)N(COC(=O)C(C)(C)C)C2=O)C3=O)cc1Cl. The smallest absolute Gasteiger partial charge is 0.312 e. The number of aryl methyl sites for hydroxylation is 2. The summed E-state index contributed by atoms with van der Waals surface area (Å²) in [5.41, 5.74) is 3.29. The molecule has 2 heterocycles. The van der Waals surface area contributed by atoms with E-state index in [0.29, 0.717) is 29.8 Å². The fourth-order valence-electron chi connectivity index (χ4n) is 4.74. The summed E-state index contributed by atoms with van der Waals surface area (Å²) >= 11 is 6.17. The second-order valence-corrected chi connectivity index (χ2v) is 11.7. The Morgan fingerprint density at radius 3 is 2.42 bits per heavy atom. The molecule has 2 aromatic carbocycles. The molecule has 2 aliphatic rings. The molecule has 3 amide bonds. The second kappa shape index (κ2) is 12.3. The number of Topliss-reactive ketones (excluding diaryl/α,β-unsaturated/α-hetero) is 1. The summed E-state index contributed by atoms with van der Waals surface area (Å²) in [6.07, 6.45) is 1.48. The molecular formula is C31H37ClN2O6. The molecule has 8 nitrogen and oxygen atoms in total. The lowest BCUT2D eigenvalue weighted by molar-refractivity contribution is -0.168. The summed E-state index contributed by atoms with van der Waals surface area (Å²) in [6.45, 7) is 6.73. The molecule has 9 heteroatoms. The number of likely N-dealkylation sites (tertiary alicyclic amines) is 1. The van der Waals surface area contributed by atoms with Gasteiger partial charge in [-0.1, -0.05) is 43.3 Å². The summed E-state index contributed by atoms with van der Waals surface area (Å²) in [5, 5.41) is 0.642. The van der Waals surface area contributed by atoms with Crippen LogP contribution in [-0.4, -0.2) is 52.0 Å². The van der Waals surface area contributed by atoms with Gasteiger partial charge in [-0.15, -0.1) is 0 Å². The lowest BCUT2D eigenvalue weighted by Crippen LogP contribution is -2.55. The van der Waals surface area contributed by atoms with Crippen molar-refractivity contribution >= 4 is 41.1 Å². The number of ketones is 1. The third kappa shape index (κ3) is 6.78. The lowest BCUT2D eigenvalue weighted by atomic mass is 9.97. The van der Waals surface area contributed by atoms with E-state index < -0.39 is 36.0 Å². The van der Waals surface area contributed by atoms with Gasteiger partial charge in [0.2, 0.25) is 5.91 Å². The average molecular weight is 569 g/mol. The van der Waals surface area contributed by atoms with Gasteiger partial charge in [0.15, 0.2) is 6.73 Å². The summed E-state index contributed by atoms with van der Waals surface area (Å²) in [5.74, 6) is -1.68. The van der Waals surface area contributed by atoms with E-state index in [2.05, 4.69) is 0 Å². The number of imide groups is 1. The molecule has 2 aliphatic heterocycles. The first-order valence-electron chi connectivity index (χ1n) is 13.1. The van der Waals surface area contributed by atoms with Crippen LogP contribution in [0.25, 0.3) is 0 Å². The number of halogens is 1. The molecule has 0 aliphatic carbocycles. The molecular weight excluding hydrogens is 532 g/mol. The van der Waals surface area contributed by atoms with Crippen LogP contribution in [0.1, 0.15) is 80.1 Å². The highest BCUT2D eigenvalue weighted by Crippen LogP contribution is 2.30. The Hall–Kier alpha value is -3.52. The normalized spacial score (nSPS) is 17.0. The highest BCUT2D eigenvalue weighted by atomic mass is 35.5. The van der Waals surface area contributed by atoms with Crippen LogP contribution in [0.4, 0.5) is 0 Å². The third-order valence-corrected chi connectivity index (χ3v) is 7.54. The third-order valence-electron chi connectivity index (χ3n) is 7.13. The van der Waals surface area contributed by atoms with Crippen molar-refractivity contribution in [3.8, 4) is 0 Å². The Morgan fingerprint density at radius 1 is 1.05 bits per heavy atom. The van der Waals surface area contributed by atoms with Crippen LogP contribution in [0, 0.1) is 12.3 Å². The zero-order chi connectivity index (χ0) is 28.5. The Bertz CT molecular complexity index is 1350. The van der Waals surface area contributed by atoms with Crippen LogP contribution >= 0.6 is 11.6 Å². The van der Waals surface area contributed by atoms with Crippen LogP contribution < -0.4 is 0 Å². The van der Waals surface area contributed by atoms with Crippen molar-refractivity contribution in [3.63, 3.8) is 0 Å². The maximum Gasteiger partial charge on any atom is 0.312 e. The van der Waals surface area contributed by atoms with Crippen molar-refractivity contribution < 1.29 is 28.7 Å². The van der Waals surface area contributed by atoms with E-state index in [9.17, 15) is 24.0 Å². The zero-order valence-electron chi connectivity index (χ0n) is 22.7. The van der Waals surface area contributed by atoms with Gasteiger partial charge in [0.1, 0.15) is 11.8 Å². The van der Waals surface area contributed by atoms with Crippen LogP contribution in [0.5, 0.6) is 0 Å². The predicted molar refractivity (Wildman–Crippen MR) is 152 cm³/mol. The largest absolute Gasteiger partial charge is 0.443 e. The molecule has 2 aromatic rings. The van der Waals surface area contributed by atoms with E-state index in [1.165, 1.54) is 4.90 Å². The molecule has 0 saturated carbocycles. The predicted octanol–water partition coefficient (Wildman–Crippen LogP) is 5.05. The van der Waals surface area contributed by atoms with Gasteiger partial charge in [-0.2, -0.15) is 0 Å². The Kier molecular flexibility index (Phi) is 9.56. The monoisotopic (exact) mass is 568 g/mol. The molecule has 214 valence electrons. The molecule has 0 spiro atoms. The first kappa shape index (κ1) is 31.0. The van der Waals surface area contributed by atoms with Crippen molar-refractivity contribution in [1.29, 1.82) is 0 Å². The van der Waals surface area contributed by atoms with Gasteiger partial charge in [0, 0.05) is 36.4 Å². The van der Waals surface area contributed by atoms with Crippen LogP contribution in [-0.2, 0) is 43.3 Å². The van der Waals surface area contributed by atoms with Crippen molar-refractivity contribution in [1.82, 2.24) is 9.80 Å². The van der Waals surface area contributed by atoms with E-state index in [1.807, 2.05) is 37.3 Å². The van der Waals surface area contributed by atoms with Crippen molar-refractivity contribution in [2.45, 2.75) is 79.8 Å². The summed E-state index contributed by atoms with van der Waals surface area (Å²) < 4.78 is 5.20. The Balaban J connectivity index is 0.00000441. The fourth-order valence-corrected chi connectivity index (χ4v) is 4.94.